The maximum Gasteiger partial charge on any atom is 0.248 e. The summed E-state index contributed by atoms with van der Waals surface area (Å²) in [6, 6.07) is 11.3. The van der Waals surface area contributed by atoms with Crippen molar-refractivity contribution in [2.45, 2.75) is 6.92 Å². The summed E-state index contributed by atoms with van der Waals surface area (Å²) in [6.07, 6.45) is 2.95. The fourth-order valence-electron chi connectivity index (χ4n) is 1.97. The van der Waals surface area contributed by atoms with Gasteiger partial charge >= 0.3 is 0 Å². The van der Waals surface area contributed by atoms with Crippen LogP contribution in [0.25, 0.3) is 6.08 Å². The number of hydrogen-bond donors (Lipinski definition) is 1. The van der Waals surface area contributed by atoms with Gasteiger partial charge in [-0.2, -0.15) is 0 Å². The van der Waals surface area contributed by atoms with Crippen LogP contribution in [0.15, 0.2) is 48.5 Å². The molecular formula is C18H18FNO3. The molecule has 0 aliphatic rings. The van der Waals surface area contributed by atoms with Crippen molar-refractivity contribution in [1.82, 2.24) is 0 Å². The van der Waals surface area contributed by atoms with Crippen LogP contribution < -0.4 is 14.8 Å². The molecule has 0 heterocycles. The maximum atomic E-state index is 13.5. The van der Waals surface area contributed by atoms with E-state index in [1.54, 1.807) is 43.5 Å². The predicted octanol–water partition coefficient (Wildman–Crippen LogP) is 3.88. The number of para-hydroxylation sites is 1. The van der Waals surface area contributed by atoms with Crippen LogP contribution in [0.5, 0.6) is 11.5 Å². The van der Waals surface area contributed by atoms with Gasteiger partial charge in [-0.05, 0) is 42.8 Å². The maximum absolute atomic E-state index is 13.5. The Morgan fingerprint density at radius 1 is 1.22 bits per heavy atom. The first-order chi connectivity index (χ1) is 11.1. The van der Waals surface area contributed by atoms with Gasteiger partial charge in [-0.1, -0.05) is 18.2 Å². The van der Waals surface area contributed by atoms with Gasteiger partial charge in [0.2, 0.25) is 5.91 Å². The summed E-state index contributed by atoms with van der Waals surface area (Å²) in [6.45, 7) is 2.43. The van der Waals surface area contributed by atoms with Crippen molar-refractivity contribution < 1.29 is 18.7 Å². The average Bonchev–Trinajstić information content (AvgIpc) is 2.56. The molecule has 4 nitrogen and oxygen atoms in total. The molecule has 0 aliphatic carbocycles. The number of amides is 1. The molecule has 0 bridgehead atoms. The molecule has 0 atom stereocenters. The zero-order valence-electron chi connectivity index (χ0n) is 13.0. The van der Waals surface area contributed by atoms with E-state index in [1.165, 1.54) is 18.2 Å². The minimum atomic E-state index is -0.475. The molecule has 0 radical (unpaired) electrons. The minimum absolute atomic E-state index is 0.145. The normalized spacial score (nSPS) is 10.6. The van der Waals surface area contributed by atoms with Crippen molar-refractivity contribution in [3.63, 3.8) is 0 Å². The zero-order valence-corrected chi connectivity index (χ0v) is 13.0. The lowest BCUT2D eigenvalue weighted by Gasteiger charge is -2.09. The number of halogens is 1. The molecule has 120 valence electrons. The second kappa shape index (κ2) is 7.98. The first kappa shape index (κ1) is 16.5. The van der Waals surface area contributed by atoms with Crippen molar-refractivity contribution >= 4 is 17.7 Å². The zero-order chi connectivity index (χ0) is 16.7. The molecule has 0 fully saturated rings. The summed E-state index contributed by atoms with van der Waals surface area (Å²) < 4.78 is 24.1. The Kier molecular flexibility index (Phi) is 5.74. The highest BCUT2D eigenvalue weighted by atomic mass is 19.1. The molecule has 0 saturated heterocycles. The van der Waals surface area contributed by atoms with Crippen molar-refractivity contribution in [1.29, 1.82) is 0 Å². The second-order valence-corrected chi connectivity index (χ2v) is 4.65. The lowest BCUT2D eigenvalue weighted by molar-refractivity contribution is -0.111. The van der Waals surface area contributed by atoms with Crippen molar-refractivity contribution in [3.8, 4) is 11.5 Å². The number of anilines is 1. The fourth-order valence-corrected chi connectivity index (χ4v) is 1.97. The van der Waals surface area contributed by atoms with Crippen LogP contribution in [0, 0.1) is 5.82 Å². The van der Waals surface area contributed by atoms with Gasteiger partial charge in [0.05, 0.1) is 19.4 Å². The third-order valence-electron chi connectivity index (χ3n) is 3.05. The number of methoxy groups -OCH3 is 1. The first-order valence-corrected chi connectivity index (χ1v) is 7.18. The van der Waals surface area contributed by atoms with E-state index < -0.39 is 11.7 Å². The third-order valence-corrected chi connectivity index (χ3v) is 3.05. The Labute approximate surface area is 134 Å². The number of hydrogen-bond acceptors (Lipinski definition) is 3. The van der Waals surface area contributed by atoms with Gasteiger partial charge in [-0.15, -0.1) is 0 Å². The highest BCUT2D eigenvalue weighted by molar-refractivity contribution is 6.02. The van der Waals surface area contributed by atoms with Crippen molar-refractivity contribution in [2.75, 3.05) is 19.0 Å². The van der Waals surface area contributed by atoms with Gasteiger partial charge in [0, 0.05) is 6.08 Å². The number of rotatable bonds is 6. The van der Waals surface area contributed by atoms with Crippen LogP contribution in [-0.2, 0) is 4.79 Å². The van der Waals surface area contributed by atoms with Crippen LogP contribution in [0.1, 0.15) is 12.5 Å². The summed E-state index contributed by atoms with van der Waals surface area (Å²) in [5.74, 6) is 0.339. The number of carbonyl (C=O) groups is 1. The van der Waals surface area contributed by atoms with E-state index in [-0.39, 0.29) is 5.69 Å². The van der Waals surface area contributed by atoms with Crippen LogP contribution in [0.4, 0.5) is 10.1 Å². The molecular weight excluding hydrogens is 297 g/mol. The molecule has 23 heavy (non-hydrogen) atoms. The Hall–Kier alpha value is -2.82. The van der Waals surface area contributed by atoms with E-state index >= 15 is 0 Å². The van der Waals surface area contributed by atoms with E-state index in [2.05, 4.69) is 5.32 Å². The second-order valence-electron chi connectivity index (χ2n) is 4.65. The quantitative estimate of drug-likeness (QED) is 0.823. The van der Waals surface area contributed by atoms with E-state index in [4.69, 9.17) is 9.47 Å². The van der Waals surface area contributed by atoms with E-state index in [9.17, 15) is 9.18 Å². The topological polar surface area (TPSA) is 47.6 Å². The molecule has 5 heteroatoms. The summed E-state index contributed by atoms with van der Waals surface area (Å²) in [4.78, 5) is 11.8. The lowest BCUT2D eigenvalue weighted by atomic mass is 10.2. The Balaban J connectivity index is 2.07. The average molecular weight is 315 g/mol. The molecule has 0 aromatic heterocycles. The summed E-state index contributed by atoms with van der Waals surface area (Å²) in [7, 11) is 1.55. The van der Waals surface area contributed by atoms with Gasteiger partial charge < -0.3 is 14.8 Å². The Bertz CT molecular complexity index is 713. The summed E-state index contributed by atoms with van der Waals surface area (Å²) >= 11 is 0. The van der Waals surface area contributed by atoms with Crippen molar-refractivity contribution in [2.24, 2.45) is 0 Å². The Morgan fingerprint density at radius 2 is 2.00 bits per heavy atom. The molecule has 0 aliphatic heterocycles. The van der Waals surface area contributed by atoms with Crippen molar-refractivity contribution in [3.05, 3.63) is 59.9 Å². The largest absolute Gasteiger partial charge is 0.493 e. The molecule has 1 N–H and O–H groups in total. The number of ether oxygens (including phenoxy) is 2. The van der Waals surface area contributed by atoms with Crippen LogP contribution in [0.3, 0.4) is 0 Å². The van der Waals surface area contributed by atoms with Gasteiger partial charge in [-0.3, -0.25) is 4.79 Å². The van der Waals surface area contributed by atoms with Gasteiger partial charge in [0.25, 0.3) is 0 Å². The molecule has 0 saturated carbocycles. The fraction of sp³-hybridized carbons (Fsp3) is 0.167. The third kappa shape index (κ3) is 4.57. The SMILES string of the molecule is CCOc1ccc(C=CC(=O)Nc2ccccc2F)cc1OC. The minimum Gasteiger partial charge on any atom is -0.493 e. The van der Waals surface area contributed by atoms with E-state index in [0.717, 1.165) is 5.56 Å². The highest BCUT2D eigenvalue weighted by Crippen LogP contribution is 2.28. The van der Waals surface area contributed by atoms with E-state index in [0.29, 0.717) is 18.1 Å². The smallest absolute Gasteiger partial charge is 0.248 e. The number of nitrogens with one attached hydrogen (secondary N) is 1. The van der Waals surface area contributed by atoms with Gasteiger partial charge in [-0.25, -0.2) is 4.39 Å². The number of carbonyl (C=O) groups excluding carboxylic acids is 1. The van der Waals surface area contributed by atoms with Crippen LogP contribution >= 0.6 is 0 Å². The Morgan fingerprint density at radius 3 is 2.70 bits per heavy atom. The van der Waals surface area contributed by atoms with Gasteiger partial charge in [0.1, 0.15) is 5.82 Å². The van der Waals surface area contributed by atoms with Crippen LogP contribution in [-0.4, -0.2) is 19.6 Å². The number of benzene rings is 2. The summed E-state index contributed by atoms with van der Waals surface area (Å²) in [5, 5.41) is 2.48. The van der Waals surface area contributed by atoms with E-state index in [1.807, 2.05) is 6.92 Å². The van der Waals surface area contributed by atoms with Crippen LogP contribution in [0.2, 0.25) is 0 Å². The molecule has 2 aromatic rings. The lowest BCUT2D eigenvalue weighted by Crippen LogP contribution is -2.09. The first-order valence-electron chi connectivity index (χ1n) is 7.18. The van der Waals surface area contributed by atoms with Gasteiger partial charge in [0.15, 0.2) is 11.5 Å². The molecule has 0 unspecified atom stereocenters. The molecule has 1 amide bonds. The molecule has 2 aromatic carbocycles. The summed E-state index contributed by atoms with van der Waals surface area (Å²) in [5.41, 5.74) is 0.917. The monoisotopic (exact) mass is 315 g/mol. The predicted molar refractivity (Wildman–Crippen MR) is 88.2 cm³/mol. The molecule has 0 spiro atoms. The molecule has 2 rings (SSSR count). The standard InChI is InChI=1S/C18H18FNO3/c1-3-23-16-10-8-13(12-17(16)22-2)9-11-18(21)20-15-7-5-4-6-14(15)19/h4-12H,3H2,1-2H3,(H,20,21). The highest BCUT2D eigenvalue weighted by Gasteiger charge is 2.05.